The molecular formula is C13H17ClN2O5. The SMILES string of the molecule is C[C@@H]1O[C@@H](NNC(=O)c2ccc(Cl)cc2)[C@@H](O)[C@@H](O)[C@@H]1O. The van der Waals surface area contributed by atoms with Crippen molar-refractivity contribution in [3.8, 4) is 0 Å². The quantitative estimate of drug-likeness (QED) is 0.476. The Morgan fingerprint density at radius 1 is 1.14 bits per heavy atom. The van der Waals surface area contributed by atoms with Crippen LogP contribution in [0, 0.1) is 0 Å². The number of hydrogen-bond donors (Lipinski definition) is 5. The highest BCUT2D eigenvalue weighted by Crippen LogP contribution is 2.19. The van der Waals surface area contributed by atoms with E-state index >= 15 is 0 Å². The lowest BCUT2D eigenvalue weighted by Crippen LogP contribution is -2.63. The molecule has 5 atom stereocenters. The molecule has 21 heavy (non-hydrogen) atoms. The van der Waals surface area contributed by atoms with Crippen molar-refractivity contribution in [2.24, 2.45) is 0 Å². The highest BCUT2D eigenvalue weighted by Gasteiger charge is 2.41. The highest BCUT2D eigenvalue weighted by molar-refractivity contribution is 6.30. The minimum Gasteiger partial charge on any atom is -0.388 e. The Morgan fingerprint density at radius 2 is 1.76 bits per heavy atom. The van der Waals surface area contributed by atoms with E-state index in [9.17, 15) is 20.1 Å². The maximum Gasteiger partial charge on any atom is 0.265 e. The van der Waals surface area contributed by atoms with E-state index in [1.165, 1.54) is 0 Å². The van der Waals surface area contributed by atoms with E-state index in [0.717, 1.165) is 0 Å². The van der Waals surface area contributed by atoms with E-state index in [-0.39, 0.29) is 0 Å². The second kappa shape index (κ2) is 6.69. The first kappa shape index (κ1) is 16.2. The Labute approximate surface area is 126 Å². The zero-order valence-electron chi connectivity index (χ0n) is 11.2. The third kappa shape index (κ3) is 3.70. The average molecular weight is 317 g/mol. The van der Waals surface area contributed by atoms with Gasteiger partial charge in [-0.3, -0.25) is 10.2 Å². The normalized spacial score (nSPS) is 32.7. The first-order chi connectivity index (χ1) is 9.90. The molecule has 116 valence electrons. The van der Waals surface area contributed by atoms with Crippen molar-refractivity contribution in [1.82, 2.24) is 10.9 Å². The largest absolute Gasteiger partial charge is 0.388 e. The Kier molecular flexibility index (Phi) is 5.15. The second-order valence-electron chi connectivity index (χ2n) is 4.84. The third-order valence-corrected chi connectivity index (χ3v) is 3.54. The van der Waals surface area contributed by atoms with Crippen LogP contribution in [-0.4, -0.2) is 51.9 Å². The fraction of sp³-hybridized carbons (Fsp3) is 0.462. The van der Waals surface area contributed by atoms with Gasteiger partial charge in [0, 0.05) is 10.6 Å². The van der Waals surface area contributed by atoms with Crippen molar-refractivity contribution in [2.45, 2.75) is 37.6 Å². The van der Waals surface area contributed by atoms with Gasteiger partial charge in [0.25, 0.3) is 5.91 Å². The molecule has 0 saturated carbocycles. The van der Waals surface area contributed by atoms with Crippen molar-refractivity contribution >= 4 is 17.5 Å². The molecule has 0 spiro atoms. The Bertz CT molecular complexity index is 498. The molecule has 0 aliphatic carbocycles. The zero-order valence-corrected chi connectivity index (χ0v) is 12.0. The van der Waals surface area contributed by atoms with Gasteiger partial charge in [0.15, 0.2) is 6.23 Å². The molecule has 7 nitrogen and oxygen atoms in total. The zero-order chi connectivity index (χ0) is 15.6. The van der Waals surface area contributed by atoms with Gasteiger partial charge >= 0.3 is 0 Å². The van der Waals surface area contributed by atoms with Gasteiger partial charge in [-0.25, -0.2) is 5.43 Å². The maximum atomic E-state index is 11.9. The number of aliphatic hydroxyl groups excluding tert-OH is 3. The van der Waals surface area contributed by atoms with Crippen LogP contribution in [0.25, 0.3) is 0 Å². The lowest BCUT2D eigenvalue weighted by molar-refractivity contribution is -0.226. The van der Waals surface area contributed by atoms with Crippen molar-refractivity contribution in [3.63, 3.8) is 0 Å². The number of hydrogen-bond acceptors (Lipinski definition) is 6. The fourth-order valence-corrected chi connectivity index (χ4v) is 2.11. The van der Waals surface area contributed by atoms with Gasteiger partial charge in [-0.2, -0.15) is 0 Å². The summed E-state index contributed by atoms with van der Waals surface area (Å²) in [6, 6.07) is 6.23. The average Bonchev–Trinajstić information content (AvgIpc) is 2.48. The highest BCUT2D eigenvalue weighted by atomic mass is 35.5. The van der Waals surface area contributed by atoms with E-state index in [0.29, 0.717) is 10.6 Å². The predicted molar refractivity (Wildman–Crippen MR) is 74.4 cm³/mol. The molecule has 8 heteroatoms. The number of aliphatic hydroxyl groups is 3. The molecule has 0 radical (unpaired) electrons. The number of carbonyl (C=O) groups excluding carboxylic acids is 1. The summed E-state index contributed by atoms with van der Waals surface area (Å²) in [5.41, 5.74) is 5.22. The van der Waals surface area contributed by atoms with E-state index < -0.39 is 36.6 Å². The van der Waals surface area contributed by atoms with Crippen LogP contribution in [0.4, 0.5) is 0 Å². The van der Waals surface area contributed by atoms with Crippen molar-refractivity contribution < 1.29 is 24.9 Å². The topological polar surface area (TPSA) is 111 Å². The minimum atomic E-state index is -1.37. The smallest absolute Gasteiger partial charge is 0.265 e. The predicted octanol–water partition coefficient (Wildman–Crippen LogP) is -0.598. The van der Waals surface area contributed by atoms with E-state index in [1.54, 1.807) is 31.2 Å². The molecule has 2 rings (SSSR count). The van der Waals surface area contributed by atoms with Crippen LogP contribution < -0.4 is 10.9 Å². The number of ether oxygens (including phenoxy) is 1. The molecule has 1 aromatic rings. The van der Waals surface area contributed by atoms with Crippen molar-refractivity contribution in [2.75, 3.05) is 0 Å². The van der Waals surface area contributed by atoms with Gasteiger partial charge < -0.3 is 20.1 Å². The van der Waals surface area contributed by atoms with Gasteiger partial charge in [-0.05, 0) is 31.2 Å². The summed E-state index contributed by atoms with van der Waals surface area (Å²) in [4.78, 5) is 11.9. The van der Waals surface area contributed by atoms with Crippen LogP contribution >= 0.6 is 11.6 Å². The Hall–Kier alpha value is -1.22. The van der Waals surface area contributed by atoms with E-state index in [4.69, 9.17) is 16.3 Å². The first-order valence-corrected chi connectivity index (χ1v) is 6.79. The molecule has 1 aliphatic heterocycles. The molecule has 1 aromatic carbocycles. The maximum absolute atomic E-state index is 11.9. The molecule has 5 N–H and O–H groups in total. The first-order valence-electron chi connectivity index (χ1n) is 6.41. The number of hydrazine groups is 1. The molecule has 1 heterocycles. The second-order valence-corrected chi connectivity index (χ2v) is 5.28. The van der Waals surface area contributed by atoms with Crippen molar-refractivity contribution in [1.29, 1.82) is 0 Å². The number of carbonyl (C=O) groups is 1. The summed E-state index contributed by atoms with van der Waals surface area (Å²) in [7, 11) is 0. The molecule has 1 amide bonds. The summed E-state index contributed by atoms with van der Waals surface area (Å²) in [5.74, 6) is -0.448. The standard InChI is InChI=1S/C13H17ClN2O5/c1-6-9(17)10(18)11(19)13(21-6)16-15-12(20)7-2-4-8(14)5-3-7/h2-6,9-11,13,16-19H,1H3,(H,15,20)/t6-,9+,10-,11-,13+/m0/s1. The number of amides is 1. The third-order valence-electron chi connectivity index (χ3n) is 3.29. The van der Waals surface area contributed by atoms with Crippen LogP contribution in [0.1, 0.15) is 17.3 Å². The molecule has 0 aromatic heterocycles. The van der Waals surface area contributed by atoms with Gasteiger partial charge in [-0.1, -0.05) is 11.6 Å². The molecule has 1 fully saturated rings. The number of nitrogens with one attached hydrogen (secondary N) is 2. The lowest BCUT2D eigenvalue weighted by atomic mass is 9.99. The number of halogens is 1. The Morgan fingerprint density at radius 3 is 2.38 bits per heavy atom. The van der Waals surface area contributed by atoms with Gasteiger partial charge in [-0.15, -0.1) is 0 Å². The summed E-state index contributed by atoms with van der Waals surface area (Å²) >= 11 is 5.73. The van der Waals surface area contributed by atoms with Crippen LogP contribution in [0.3, 0.4) is 0 Å². The van der Waals surface area contributed by atoms with Crippen LogP contribution in [-0.2, 0) is 4.74 Å². The monoisotopic (exact) mass is 316 g/mol. The number of benzene rings is 1. The van der Waals surface area contributed by atoms with Gasteiger partial charge in [0.1, 0.15) is 18.3 Å². The number of rotatable bonds is 3. The molecule has 1 aliphatic rings. The molecule has 0 unspecified atom stereocenters. The molecule has 0 bridgehead atoms. The van der Waals surface area contributed by atoms with Gasteiger partial charge in [0.05, 0.1) is 6.10 Å². The molecular weight excluding hydrogens is 300 g/mol. The summed E-state index contributed by atoms with van der Waals surface area (Å²) in [6.45, 7) is 1.55. The lowest BCUT2D eigenvalue weighted by Gasteiger charge is -2.39. The van der Waals surface area contributed by atoms with Crippen LogP contribution in [0.15, 0.2) is 24.3 Å². The Balaban J connectivity index is 1.93. The summed E-state index contributed by atoms with van der Waals surface area (Å²) in [6.07, 6.45) is -5.64. The fourth-order valence-electron chi connectivity index (χ4n) is 1.98. The van der Waals surface area contributed by atoms with E-state index in [2.05, 4.69) is 10.9 Å². The van der Waals surface area contributed by atoms with Gasteiger partial charge in [0.2, 0.25) is 0 Å². The van der Waals surface area contributed by atoms with Crippen LogP contribution in [0.5, 0.6) is 0 Å². The van der Waals surface area contributed by atoms with Crippen LogP contribution in [0.2, 0.25) is 5.02 Å². The van der Waals surface area contributed by atoms with E-state index in [1.807, 2.05) is 0 Å². The molecule has 1 saturated heterocycles. The summed E-state index contributed by atoms with van der Waals surface area (Å²) < 4.78 is 5.28. The minimum absolute atomic E-state index is 0.367. The van der Waals surface area contributed by atoms with Crippen molar-refractivity contribution in [3.05, 3.63) is 34.9 Å². The summed E-state index contributed by atoms with van der Waals surface area (Å²) in [5, 5.41) is 29.5.